The van der Waals surface area contributed by atoms with Crippen LogP contribution in [0.2, 0.25) is 0 Å². The molecular formula is C25H37FN6O3. The summed E-state index contributed by atoms with van der Waals surface area (Å²) in [7, 11) is 0. The predicted octanol–water partition coefficient (Wildman–Crippen LogP) is 3.96. The Morgan fingerprint density at radius 2 is 1.86 bits per heavy atom. The SMILES string of the molecule is CC(C)(C)OC(=O)N1CCC(COc2ccc(F)cc2N2C(N)=NC(N)=NC23CCCCC3)CC1. The van der Waals surface area contributed by atoms with E-state index in [-0.39, 0.29) is 29.7 Å². The molecule has 0 radical (unpaired) electrons. The lowest BCUT2D eigenvalue weighted by Crippen LogP contribution is -2.58. The first-order chi connectivity index (χ1) is 16.6. The summed E-state index contributed by atoms with van der Waals surface area (Å²) in [4.78, 5) is 24.7. The van der Waals surface area contributed by atoms with Crippen molar-refractivity contribution in [1.82, 2.24) is 4.90 Å². The summed E-state index contributed by atoms with van der Waals surface area (Å²) >= 11 is 0. The third-order valence-electron chi connectivity index (χ3n) is 6.75. The zero-order valence-electron chi connectivity index (χ0n) is 20.9. The molecule has 192 valence electrons. The number of hydrogen-bond acceptors (Lipinski definition) is 8. The number of guanidine groups is 2. The van der Waals surface area contributed by atoms with E-state index in [1.807, 2.05) is 20.8 Å². The lowest BCUT2D eigenvalue weighted by atomic mass is 9.87. The van der Waals surface area contributed by atoms with E-state index < -0.39 is 11.3 Å². The molecule has 0 atom stereocenters. The van der Waals surface area contributed by atoms with Crippen molar-refractivity contribution in [2.24, 2.45) is 27.4 Å². The van der Waals surface area contributed by atoms with E-state index in [1.165, 1.54) is 12.1 Å². The van der Waals surface area contributed by atoms with Crippen molar-refractivity contribution in [2.45, 2.75) is 77.0 Å². The highest BCUT2D eigenvalue weighted by atomic mass is 19.1. The molecule has 1 saturated carbocycles. The Morgan fingerprint density at radius 1 is 1.17 bits per heavy atom. The average molecular weight is 489 g/mol. The number of halogens is 1. The molecule has 1 aromatic rings. The molecular weight excluding hydrogens is 451 g/mol. The van der Waals surface area contributed by atoms with Gasteiger partial charge in [-0.3, -0.25) is 4.90 Å². The van der Waals surface area contributed by atoms with E-state index in [9.17, 15) is 9.18 Å². The van der Waals surface area contributed by atoms with E-state index in [4.69, 9.17) is 20.9 Å². The Balaban J connectivity index is 1.46. The number of aliphatic imine (C=N–C) groups is 2. The van der Waals surface area contributed by atoms with E-state index >= 15 is 0 Å². The number of ether oxygens (including phenoxy) is 2. The Labute approximate surface area is 206 Å². The molecule has 3 aliphatic rings. The Kier molecular flexibility index (Phi) is 7.10. The molecule has 9 nitrogen and oxygen atoms in total. The fraction of sp³-hybridized carbons (Fsp3) is 0.640. The second kappa shape index (κ2) is 9.91. The minimum Gasteiger partial charge on any atom is -0.491 e. The Bertz CT molecular complexity index is 991. The van der Waals surface area contributed by atoms with Gasteiger partial charge in [-0.2, -0.15) is 4.99 Å². The zero-order valence-corrected chi connectivity index (χ0v) is 20.9. The first-order valence-electron chi connectivity index (χ1n) is 12.5. The lowest BCUT2D eigenvalue weighted by molar-refractivity contribution is 0.0165. The van der Waals surface area contributed by atoms with Crippen LogP contribution in [0.25, 0.3) is 0 Å². The number of carbonyl (C=O) groups excluding carboxylic acids is 1. The van der Waals surface area contributed by atoms with Crippen molar-refractivity contribution >= 4 is 23.7 Å². The van der Waals surface area contributed by atoms with Gasteiger partial charge in [0.05, 0.1) is 12.3 Å². The van der Waals surface area contributed by atoms with Gasteiger partial charge in [-0.15, -0.1) is 0 Å². The van der Waals surface area contributed by atoms with E-state index in [2.05, 4.69) is 9.98 Å². The maximum Gasteiger partial charge on any atom is 0.410 e. The van der Waals surface area contributed by atoms with Crippen molar-refractivity contribution in [1.29, 1.82) is 0 Å². The van der Waals surface area contributed by atoms with Crippen LogP contribution >= 0.6 is 0 Å². The molecule has 4 N–H and O–H groups in total. The molecule has 1 aromatic carbocycles. The molecule has 2 heterocycles. The number of benzene rings is 1. The molecule has 1 aliphatic carbocycles. The number of piperidine rings is 1. The molecule has 35 heavy (non-hydrogen) atoms. The summed E-state index contributed by atoms with van der Waals surface area (Å²) in [6.45, 7) is 7.27. The summed E-state index contributed by atoms with van der Waals surface area (Å²) in [6, 6.07) is 4.44. The Morgan fingerprint density at radius 3 is 2.51 bits per heavy atom. The molecule has 2 fully saturated rings. The van der Waals surface area contributed by atoms with Crippen molar-refractivity contribution in [3.05, 3.63) is 24.0 Å². The highest BCUT2D eigenvalue weighted by Gasteiger charge is 2.43. The number of anilines is 1. The number of nitrogens with two attached hydrogens (primary N) is 2. The maximum absolute atomic E-state index is 14.4. The number of rotatable bonds is 4. The largest absolute Gasteiger partial charge is 0.491 e. The van der Waals surface area contributed by atoms with Crippen LogP contribution in [-0.2, 0) is 4.74 Å². The second-order valence-electron chi connectivity index (χ2n) is 10.7. The van der Waals surface area contributed by atoms with E-state index in [0.717, 1.165) is 44.9 Å². The zero-order chi connectivity index (χ0) is 25.2. The van der Waals surface area contributed by atoms with Gasteiger partial charge in [0.15, 0.2) is 0 Å². The van der Waals surface area contributed by atoms with Gasteiger partial charge in [-0.25, -0.2) is 14.2 Å². The van der Waals surface area contributed by atoms with Crippen molar-refractivity contribution in [3.63, 3.8) is 0 Å². The second-order valence-corrected chi connectivity index (χ2v) is 10.7. The van der Waals surface area contributed by atoms with Crippen LogP contribution in [0.1, 0.15) is 65.7 Å². The van der Waals surface area contributed by atoms with Crippen molar-refractivity contribution in [3.8, 4) is 5.75 Å². The lowest BCUT2D eigenvalue weighted by Gasteiger charge is -2.46. The van der Waals surface area contributed by atoms with Gasteiger partial charge in [-0.05, 0) is 77.3 Å². The normalized spacial score (nSPS) is 20.9. The van der Waals surface area contributed by atoms with Crippen LogP contribution in [0.15, 0.2) is 28.2 Å². The van der Waals surface area contributed by atoms with E-state index in [0.29, 0.717) is 31.1 Å². The van der Waals surface area contributed by atoms with Gasteiger partial charge in [0.2, 0.25) is 11.9 Å². The smallest absolute Gasteiger partial charge is 0.410 e. The van der Waals surface area contributed by atoms with Crippen molar-refractivity contribution < 1.29 is 18.7 Å². The summed E-state index contributed by atoms with van der Waals surface area (Å²) < 4.78 is 26.1. The third kappa shape index (κ3) is 5.79. The predicted molar refractivity (Wildman–Crippen MR) is 134 cm³/mol. The van der Waals surface area contributed by atoms with Gasteiger partial charge in [0, 0.05) is 19.2 Å². The number of hydrogen-bond donors (Lipinski definition) is 2. The van der Waals surface area contributed by atoms with Gasteiger partial charge in [0.25, 0.3) is 0 Å². The fourth-order valence-electron chi connectivity index (χ4n) is 5.07. The molecule has 0 unspecified atom stereocenters. The number of nitrogens with zero attached hydrogens (tertiary/aromatic N) is 4. The molecule has 10 heteroatoms. The Hall–Kier alpha value is -3.04. The summed E-state index contributed by atoms with van der Waals surface area (Å²) in [5.41, 5.74) is 11.6. The van der Waals surface area contributed by atoms with Crippen LogP contribution in [0.4, 0.5) is 14.9 Å². The monoisotopic (exact) mass is 488 g/mol. The fourth-order valence-corrected chi connectivity index (χ4v) is 5.07. The van der Waals surface area contributed by atoms with Crippen molar-refractivity contribution in [2.75, 3.05) is 24.6 Å². The van der Waals surface area contributed by atoms with Crippen LogP contribution in [-0.4, -0.2) is 53.9 Å². The van der Waals surface area contributed by atoms with Crippen LogP contribution in [0.5, 0.6) is 5.75 Å². The number of amides is 1. The highest BCUT2D eigenvalue weighted by molar-refractivity contribution is 6.06. The standard InChI is InChI=1S/C25H37FN6O3/c1-24(2,3)35-23(33)31-13-9-17(10-14-31)16-34-20-8-7-18(26)15-19(20)32-22(28)29-21(27)30-25(32)11-5-4-6-12-25/h7-8,15,17H,4-6,9-14,16H2,1-3H3,(H4,27,28,29,30). The summed E-state index contributed by atoms with van der Waals surface area (Å²) in [5, 5.41) is 0. The molecule has 2 aliphatic heterocycles. The van der Waals surface area contributed by atoms with E-state index in [1.54, 1.807) is 15.9 Å². The van der Waals surface area contributed by atoms with Gasteiger partial charge >= 0.3 is 6.09 Å². The van der Waals surface area contributed by atoms with Crippen LogP contribution in [0, 0.1) is 11.7 Å². The van der Waals surface area contributed by atoms with Crippen LogP contribution in [0.3, 0.4) is 0 Å². The first-order valence-corrected chi connectivity index (χ1v) is 12.5. The topological polar surface area (TPSA) is 119 Å². The van der Waals surface area contributed by atoms with Gasteiger partial charge < -0.3 is 25.8 Å². The van der Waals surface area contributed by atoms with Gasteiger partial charge in [-0.1, -0.05) is 6.42 Å². The summed E-state index contributed by atoms with van der Waals surface area (Å²) in [6.07, 6.45) is 5.88. The molecule has 4 rings (SSSR count). The minimum atomic E-state index is -0.682. The maximum atomic E-state index is 14.4. The number of carbonyl (C=O) groups is 1. The molecule has 1 amide bonds. The minimum absolute atomic E-state index is 0.149. The average Bonchev–Trinajstić information content (AvgIpc) is 2.77. The quantitative estimate of drug-likeness (QED) is 0.662. The van der Waals surface area contributed by atoms with Gasteiger partial charge in [0.1, 0.15) is 22.8 Å². The number of likely N-dealkylation sites (tertiary alicyclic amines) is 1. The van der Waals surface area contributed by atoms with Crippen LogP contribution < -0.4 is 21.1 Å². The highest BCUT2D eigenvalue weighted by Crippen LogP contribution is 2.43. The molecule has 1 spiro atoms. The molecule has 0 bridgehead atoms. The molecule has 1 saturated heterocycles. The third-order valence-corrected chi connectivity index (χ3v) is 6.75. The molecule has 0 aromatic heterocycles. The summed E-state index contributed by atoms with van der Waals surface area (Å²) in [5.74, 6) is 0.743. The first kappa shape index (κ1) is 25.1.